The normalized spacial score (nSPS) is 13.3. The summed E-state index contributed by atoms with van der Waals surface area (Å²) in [6, 6.07) is 27.0. The molecule has 0 aliphatic rings. The smallest absolute Gasteiger partial charge is 0.422 e. The molecule has 0 spiro atoms. The van der Waals surface area contributed by atoms with Crippen molar-refractivity contribution >= 4 is 12.2 Å². The van der Waals surface area contributed by atoms with Crippen LogP contribution < -0.4 is 10.7 Å². The van der Waals surface area contributed by atoms with Crippen molar-refractivity contribution in [2.24, 2.45) is 0 Å². The molecule has 0 saturated heterocycles. The van der Waals surface area contributed by atoms with Crippen LogP contribution in [-0.4, -0.2) is 52.2 Å². The fraction of sp³-hybridized carbons (Fsp3) is 0.394. The number of hydrazine groups is 1. The maximum absolute atomic E-state index is 12.7. The van der Waals surface area contributed by atoms with Crippen LogP contribution in [0.2, 0.25) is 0 Å². The van der Waals surface area contributed by atoms with Gasteiger partial charge in [0.05, 0.1) is 12.1 Å². The number of alkyl carbamates (subject to hydrolysis) is 1. The first-order valence-electron chi connectivity index (χ1n) is 13.9. The van der Waals surface area contributed by atoms with Crippen LogP contribution in [0.3, 0.4) is 0 Å². The zero-order valence-electron chi connectivity index (χ0n) is 24.9. The van der Waals surface area contributed by atoms with E-state index in [0.717, 1.165) is 22.3 Å². The van der Waals surface area contributed by atoms with Crippen molar-refractivity contribution in [3.8, 4) is 11.1 Å². The van der Waals surface area contributed by atoms with Crippen molar-refractivity contribution in [2.45, 2.75) is 77.9 Å². The third kappa shape index (κ3) is 11.6. The Hall–Kier alpha value is -3.88. The number of ether oxygens (including phenoxy) is 2. The molecule has 2 amide bonds. The van der Waals surface area contributed by atoms with E-state index in [2.05, 4.69) is 10.7 Å². The highest BCUT2D eigenvalue weighted by Crippen LogP contribution is 2.20. The molecular weight excluding hydrogens is 518 g/mol. The summed E-state index contributed by atoms with van der Waals surface area (Å²) >= 11 is 0. The Morgan fingerprint density at radius 1 is 0.732 bits per heavy atom. The maximum Gasteiger partial charge on any atom is 0.422 e. The fourth-order valence-electron chi connectivity index (χ4n) is 4.20. The SMILES string of the molecule is CC(C)(C)OC(=O)NC(Cc1ccccc1)C(O)CN(Cc1ccc(-c2ccccc2)cc1)NC(=O)OC(C)(C)C. The Labute approximate surface area is 243 Å². The van der Waals surface area contributed by atoms with E-state index in [1.807, 2.05) is 84.9 Å². The number of carbonyl (C=O) groups is 2. The lowest BCUT2D eigenvalue weighted by Gasteiger charge is -2.31. The predicted molar refractivity (Wildman–Crippen MR) is 161 cm³/mol. The van der Waals surface area contributed by atoms with E-state index >= 15 is 0 Å². The maximum atomic E-state index is 12.7. The molecule has 0 aliphatic heterocycles. The summed E-state index contributed by atoms with van der Waals surface area (Å²) in [4.78, 5) is 25.4. The van der Waals surface area contributed by atoms with E-state index in [4.69, 9.17) is 9.47 Å². The molecule has 8 heteroatoms. The summed E-state index contributed by atoms with van der Waals surface area (Å²) < 4.78 is 10.9. The Balaban J connectivity index is 1.80. The fourth-order valence-corrected chi connectivity index (χ4v) is 4.20. The van der Waals surface area contributed by atoms with Crippen LogP contribution in [0.1, 0.15) is 52.7 Å². The third-order valence-corrected chi connectivity index (χ3v) is 5.96. The van der Waals surface area contributed by atoms with E-state index in [-0.39, 0.29) is 6.54 Å². The summed E-state index contributed by atoms with van der Waals surface area (Å²) in [6.07, 6.45) is -1.94. The number of nitrogens with zero attached hydrogens (tertiary/aromatic N) is 1. The zero-order valence-corrected chi connectivity index (χ0v) is 24.9. The highest BCUT2D eigenvalue weighted by Gasteiger charge is 2.28. The van der Waals surface area contributed by atoms with Gasteiger partial charge in [0.1, 0.15) is 11.2 Å². The zero-order chi connectivity index (χ0) is 30.0. The van der Waals surface area contributed by atoms with Crippen molar-refractivity contribution in [3.63, 3.8) is 0 Å². The molecule has 8 nitrogen and oxygen atoms in total. The Morgan fingerprint density at radius 2 is 1.24 bits per heavy atom. The number of rotatable bonds is 10. The third-order valence-electron chi connectivity index (χ3n) is 5.96. The quantitative estimate of drug-likeness (QED) is 0.259. The molecule has 2 unspecified atom stereocenters. The molecule has 0 radical (unpaired) electrons. The van der Waals surface area contributed by atoms with Crippen LogP contribution in [0.5, 0.6) is 0 Å². The molecular formula is C33H43N3O5. The lowest BCUT2D eigenvalue weighted by Crippen LogP contribution is -2.54. The average Bonchev–Trinajstić information content (AvgIpc) is 2.87. The second kappa shape index (κ2) is 14.1. The number of hydrogen-bond donors (Lipinski definition) is 3. The number of amides is 2. The van der Waals surface area contributed by atoms with Gasteiger partial charge in [0.25, 0.3) is 0 Å². The summed E-state index contributed by atoms with van der Waals surface area (Å²) in [7, 11) is 0. The van der Waals surface area contributed by atoms with E-state index in [9.17, 15) is 14.7 Å². The van der Waals surface area contributed by atoms with Gasteiger partial charge in [-0.25, -0.2) is 14.6 Å². The Bertz CT molecular complexity index is 1240. The van der Waals surface area contributed by atoms with Crippen LogP contribution in [0.25, 0.3) is 11.1 Å². The topological polar surface area (TPSA) is 100 Å². The minimum absolute atomic E-state index is 0.0208. The summed E-state index contributed by atoms with van der Waals surface area (Å²) in [6.45, 7) is 11.0. The van der Waals surface area contributed by atoms with Gasteiger partial charge >= 0.3 is 12.2 Å². The molecule has 0 aromatic heterocycles. The number of aliphatic hydroxyl groups excluding tert-OH is 1. The molecule has 41 heavy (non-hydrogen) atoms. The minimum Gasteiger partial charge on any atom is -0.444 e. The van der Waals surface area contributed by atoms with Crippen LogP contribution in [-0.2, 0) is 22.4 Å². The van der Waals surface area contributed by atoms with Gasteiger partial charge in [-0.15, -0.1) is 0 Å². The molecule has 3 aromatic rings. The molecule has 0 fully saturated rings. The first-order chi connectivity index (χ1) is 19.3. The molecule has 3 aromatic carbocycles. The predicted octanol–water partition coefficient (Wildman–Crippen LogP) is 6.09. The average molecular weight is 562 g/mol. The number of aliphatic hydroxyl groups is 1. The molecule has 3 N–H and O–H groups in total. The lowest BCUT2D eigenvalue weighted by atomic mass is 10.0. The molecule has 0 bridgehead atoms. The van der Waals surface area contributed by atoms with Crippen molar-refractivity contribution < 1.29 is 24.2 Å². The monoisotopic (exact) mass is 561 g/mol. The highest BCUT2D eigenvalue weighted by atomic mass is 16.6. The van der Waals surface area contributed by atoms with Crippen LogP contribution in [0.15, 0.2) is 84.9 Å². The van der Waals surface area contributed by atoms with E-state index in [0.29, 0.717) is 13.0 Å². The Kier molecular flexibility index (Phi) is 10.9. The molecule has 2 atom stereocenters. The van der Waals surface area contributed by atoms with E-state index in [1.165, 1.54) is 0 Å². The summed E-state index contributed by atoms with van der Waals surface area (Å²) in [5, 5.41) is 15.8. The van der Waals surface area contributed by atoms with Gasteiger partial charge in [-0.1, -0.05) is 84.9 Å². The van der Waals surface area contributed by atoms with Gasteiger partial charge in [-0.3, -0.25) is 5.43 Å². The van der Waals surface area contributed by atoms with Gasteiger partial charge in [-0.2, -0.15) is 0 Å². The molecule has 0 heterocycles. The van der Waals surface area contributed by atoms with Gasteiger partial charge in [-0.05, 0) is 70.2 Å². The van der Waals surface area contributed by atoms with E-state index in [1.54, 1.807) is 46.6 Å². The Morgan fingerprint density at radius 3 is 1.80 bits per heavy atom. The van der Waals surface area contributed by atoms with Crippen molar-refractivity contribution in [1.29, 1.82) is 0 Å². The number of nitrogens with one attached hydrogen (secondary N) is 2. The van der Waals surface area contributed by atoms with Crippen LogP contribution >= 0.6 is 0 Å². The lowest BCUT2D eigenvalue weighted by molar-refractivity contribution is 0.0106. The largest absolute Gasteiger partial charge is 0.444 e. The second-order valence-corrected chi connectivity index (χ2v) is 12.1. The molecule has 0 aliphatic carbocycles. The van der Waals surface area contributed by atoms with Crippen LogP contribution in [0, 0.1) is 0 Å². The molecule has 3 rings (SSSR count). The van der Waals surface area contributed by atoms with Gasteiger partial charge in [0.15, 0.2) is 0 Å². The molecule has 220 valence electrons. The first-order valence-corrected chi connectivity index (χ1v) is 13.9. The minimum atomic E-state index is -1.05. The number of carbonyl (C=O) groups excluding carboxylic acids is 2. The summed E-state index contributed by atoms with van der Waals surface area (Å²) in [5.41, 5.74) is 5.44. The molecule has 0 saturated carbocycles. The van der Waals surface area contributed by atoms with Crippen molar-refractivity contribution in [2.75, 3.05) is 6.54 Å². The van der Waals surface area contributed by atoms with Crippen LogP contribution in [0.4, 0.5) is 9.59 Å². The number of benzene rings is 3. The van der Waals surface area contributed by atoms with Crippen molar-refractivity contribution in [1.82, 2.24) is 15.8 Å². The van der Waals surface area contributed by atoms with Gasteiger partial charge < -0.3 is 19.9 Å². The first kappa shape index (κ1) is 31.6. The van der Waals surface area contributed by atoms with Gasteiger partial charge in [0.2, 0.25) is 0 Å². The highest BCUT2D eigenvalue weighted by molar-refractivity contribution is 5.68. The summed E-state index contributed by atoms with van der Waals surface area (Å²) in [5.74, 6) is 0. The second-order valence-electron chi connectivity index (χ2n) is 12.1. The number of hydrogen-bond acceptors (Lipinski definition) is 6. The van der Waals surface area contributed by atoms with Crippen molar-refractivity contribution in [3.05, 3.63) is 96.1 Å². The van der Waals surface area contributed by atoms with E-state index < -0.39 is 35.5 Å². The van der Waals surface area contributed by atoms with Gasteiger partial charge in [0, 0.05) is 13.1 Å². The standard InChI is InChI=1S/C33H43N3O5/c1-32(2,3)40-30(38)34-28(21-24-13-9-7-10-14-24)29(37)23-36(35-31(39)41-33(4,5)6)22-25-17-19-27(20-18-25)26-15-11-8-12-16-26/h7-20,28-29,37H,21-23H2,1-6H3,(H,34,38)(H,35,39).